The maximum atomic E-state index is 12.6. The highest BCUT2D eigenvalue weighted by Gasteiger charge is 2.36. The van der Waals surface area contributed by atoms with E-state index in [1.807, 2.05) is 6.92 Å². The molecular weight excluding hydrogens is 383 g/mol. The van der Waals surface area contributed by atoms with Gasteiger partial charge in [0.15, 0.2) is 0 Å². The Kier molecular flexibility index (Phi) is 7.31. The van der Waals surface area contributed by atoms with Crippen LogP contribution in [0.2, 0.25) is 0 Å². The molecule has 0 radical (unpaired) electrons. The van der Waals surface area contributed by atoms with Gasteiger partial charge in [0.1, 0.15) is 0 Å². The molecule has 2 atom stereocenters. The SMILES string of the molecule is CC[C@@H](C=CC(=O)N(C)c1nnc(C(F)(F)F)s1)NC(=O)[C@@H]1CCCCN1. The zero-order valence-corrected chi connectivity index (χ0v) is 15.9. The fourth-order valence-corrected chi connectivity index (χ4v) is 3.19. The highest BCUT2D eigenvalue weighted by atomic mass is 32.1. The first kappa shape index (κ1) is 21.3. The smallest absolute Gasteiger partial charge is 0.349 e. The minimum absolute atomic E-state index is 0.119. The first-order valence-electron chi connectivity index (χ1n) is 8.62. The topological polar surface area (TPSA) is 87.2 Å². The number of alkyl halides is 3. The standard InChI is InChI=1S/C16H22F3N5O2S/c1-3-10(21-13(26)11-6-4-5-9-20-11)7-8-12(25)24(2)15-23-22-14(27-15)16(17,18)19/h7-8,10-11,20H,3-6,9H2,1-2H3,(H,21,26)/t10-,11-/m0/s1. The monoisotopic (exact) mass is 405 g/mol. The average molecular weight is 405 g/mol. The summed E-state index contributed by atoms with van der Waals surface area (Å²) in [5.74, 6) is -0.672. The number of carbonyl (C=O) groups excluding carboxylic acids is 2. The van der Waals surface area contributed by atoms with Gasteiger partial charge >= 0.3 is 6.18 Å². The Balaban J connectivity index is 1.94. The number of carbonyl (C=O) groups is 2. The van der Waals surface area contributed by atoms with E-state index in [2.05, 4.69) is 20.8 Å². The third-order valence-corrected chi connectivity index (χ3v) is 5.18. The third kappa shape index (κ3) is 5.99. The van der Waals surface area contributed by atoms with Crippen LogP contribution in [0.4, 0.5) is 18.3 Å². The summed E-state index contributed by atoms with van der Waals surface area (Å²) in [5, 5.41) is 11.2. The van der Waals surface area contributed by atoms with Gasteiger partial charge in [-0.05, 0) is 25.8 Å². The summed E-state index contributed by atoms with van der Waals surface area (Å²) in [6.45, 7) is 2.66. The van der Waals surface area contributed by atoms with Crippen molar-refractivity contribution in [3.05, 3.63) is 17.2 Å². The summed E-state index contributed by atoms with van der Waals surface area (Å²) in [6, 6.07) is -0.583. The number of halogens is 3. The van der Waals surface area contributed by atoms with Crippen LogP contribution in [-0.4, -0.2) is 47.7 Å². The van der Waals surface area contributed by atoms with Gasteiger partial charge in [0.05, 0.1) is 6.04 Å². The zero-order valence-electron chi connectivity index (χ0n) is 15.0. The fraction of sp³-hybridized carbons (Fsp3) is 0.625. The molecule has 0 bridgehead atoms. The van der Waals surface area contributed by atoms with Gasteiger partial charge in [0, 0.05) is 19.2 Å². The molecule has 2 heterocycles. The predicted molar refractivity (Wildman–Crippen MR) is 95.3 cm³/mol. The molecule has 2 amide bonds. The molecule has 0 aromatic carbocycles. The van der Waals surface area contributed by atoms with Gasteiger partial charge in [-0.15, -0.1) is 10.2 Å². The molecule has 150 valence electrons. The number of anilines is 1. The van der Waals surface area contributed by atoms with E-state index in [0.29, 0.717) is 17.8 Å². The Labute approximate surface area is 159 Å². The molecular formula is C16H22F3N5O2S. The summed E-state index contributed by atoms with van der Waals surface area (Å²) in [6.07, 6.45) is 1.53. The number of aromatic nitrogens is 2. The summed E-state index contributed by atoms with van der Waals surface area (Å²) < 4.78 is 37.8. The first-order chi connectivity index (χ1) is 12.7. The molecule has 1 aliphatic rings. The Morgan fingerprint density at radius 2 is 2.15 bits per heavy atom. The van der Waals surface area contributed by atoms with E-state index in [0.717, 1.165) is 30.7 Å². The molecule has 1 aliphatic heterocycles. The zero-order chi connectivity index (χ0) is 20.0. The number of nitrogens with one attached hydrogen (secondary N) is 2. The summed E-state index contributed by atoms with van der Waals surface area (Å²) >= 11 is 0.292. The molecule has 0 unspecified atom stereocenters. The van der Waals surface area contributed by atoms with E-state index in [1.54, 1.807) is 0 Å². The lowest BCUT2D eigenvalue weighted by atomic mass is 10.0. The quantitative estimate of drug-likeness (QED) is 0.708. The number of amides is 2. The fourth-order valence-electron chi connectivity index (χ4n) is 2.52. The number of nitrogens with zero attached hydrogens (tertiary/aromatic N) is 3. The van der Waals surface area contributed by atoms with Crippen molar-refractivity contribution < 1.29 is 22.8 Å². The molecule has 1 aromatic heterocycles. The van der Waals surface area contributed by atoms with Gasteiger partial charge in [-0.1, -0.05) is 30.8 Å². The molecule has 7 nitrogen and oxygen atoms in total. The van der Waals surface area contributed by atoms with Gasteiger partial charge < -0.3 is 10.6 Å². The Morgan fingerprint density at radius 1 is 1.41 bits per heavy atom. The van der Waals surface area contributed by atoms with Crippen molar-refractivity contribution in [3.8, 4) is 0 Å². The van der Waals surface area contributed by atoms with Gasteiger partial charge in [0.25, 0.3) is 5.91 Å². The normalized spacial score (nSPS) is 19.1. The van der Waals surface area contributed by atoms with Crippen LogP contribution in [0, 0.1) is 0 Å². The van der Waals surface area contributed by atoms with Crippen LogP contribution >= 0.6 is 11.3 Å². The number of hydrogen-bond acceptors (Lipinski definition) is 6. The lowest BCUT2D eigenvalue weighted by Gasteiger charge is -2.24. The predicted octanol–water partition coefficient (Wildman–Crippen LogP) is 2.11. The maximum absolute atomic E-state index is 12.6. The van der Waals surface area contributed by atoms with Crippen LogP contribution in [0.3, 0.4) is 0 Å². The van der Waals surface area contributed by atoms with E-state index >= 15 is 0 Å². The van der Waals surface area contributed by atoms with Crippen molar-refractivity contribution in [2.24, 2.45) is 0 Å². The largest absolute Gasteiger partial charge is 0.445 e. The molecule has 0 spiro atoms. The van der Waals surface area contributed by atoms with Gasteiger partial charge in [-0.2, -0.15) is 13.2 Å². The molecule has 0 saturated carbocycles. The second-order valence-corrected chi connectivity index (χ2v) is 7.13. The Morgan fingerprint density at radius 3 is 2.70 bits per heavy atom. The highest BCUT2D eigenvalue weighted by Crippen LogP contribution is 2.34. The van der Waals surface area contributed by atoms with Crippen LogP contribution in [-0.2, 0) is 15.8 Å². The Hall–Kier alpha value is -2.01. The van der Waals surface area contributed by atoms with E-state index < -0.39 is 17.1 Å². The molecule has 2 N–H and O–H groups in total. The number of hydrogen-bond donors (Lipinski definition) is 2. The maximum Gasteiger partial charge on any atom is 0.445 e. The molecule has 1 aromatic rings. The van der Waals surface area contributed by atoms with Gasteiger partial charge in [0.2, 0.25) is 16.0 Å². The second kappa shape index (κ2) is 9.27. The number of piperidine rings is 1. The van der Waals surface area contributed by atoms with Crippen molar-refractivity contribution in [2.45, 2.75) is 50.9 Å². The lowest BCUT2D eigenvalue weighted by molar-refractivity contribution is -0.138. The van der Waals surface area contributed by atoms with Crippen molar-refractivity contribution >= 4 is 28.3 Å². The molecule has 27 heavy (non-hydrogen) atoms. The summed E-state index contributed by atoms with van der Waals surface area (Å²) in [5.41, 5.74) is 0. The van der Waals surface area contributed by atoms with Crippen LogP contribution in [0.5, 0.6) is 0 Å². The second-order valence-electron chi connectivity index (χ2n) is 6.17. The van der Waals surface area contributed by atoms with Crippen molar-refractivity contribution in [1.82, 2.24) is 20.8 Å². The average Bonchev–Trinajstić information content (AvgIpc) is 3.15. The van der Waals surface area contributed by atoms with Crippen LogP contribution in [0.1, 0.15) is 37.6 Å². The lowest BCUT2D eigenvalue weighted by Crippen LogP contribution is -2.49. The summed E-state index contributed by atoms with van der Waals surface area (Å²) in [7, 11) is 1.32. The van der Waals surface area contributed by atoms with Crippen LogP contribution in [0.25, 0.3) is 0 Å². The van der Waals surface area contributed by atoms with Crippen molar-refractivity contribution in [2.75, 3.05) is 18.5 Å². The van der Waals surface area contributed by atoms with E-state index in [1.165, 1.54) is 19.2 Å². The van der Waals surface area contributed by atoms with Crippen LogP contribution in [0.15, 0.2) is 12.2 Å². The Bertz CT molecular complexity index is 686. The minimum Gasteiger partial charge on any atom is -0.349 e. The summed E-state index contributed by atoms with van der Waals surface area (Å²) in [4.78, 5) is 25.4. The van der Waals surface area contributed by atoms with Crippen molar-refractivity contribution in [3.63, 3.8) is 0 Å². The first-order valence-corrected chi connectivity index (χ1v) is 9.44. The number of likely N-dealkylation sites (N-methyl/N-ethyl adjacent to an activating group) is 1. The molecule has 1 saturated heterocycles. The molecule has 11 heteroatoms. The minimum atomic E-state index is -4.60. The van der Waals surface area contributed by atoms with E-state index in [-0.39, 0.29) is 23.1 Å². The highest BCUT2D eigenvalue weighted by molar-refractivity contribution is 7.15. The molecule has 0 aliphatic carbocycles. The van der Waals surface area contributed by atoms with Gasteiger partial charge in [-0.3, -0.25) is 14.5 Å². The van der Waals surface area contributed by atoms with E-state index in [9.17, 15) is 22.8 Å². The third-order valence-electron chi connectivity index (χ3n) is 4.14. The molecule has 1 fully saturated rings. The van der Waals surface area contributed by atoms with Crippen LogP contribution < -0.4 is 15.5 Å². The molecule has 2 rings (SSSR count). The van der Waals surface area contributed by atoms with Crippen molar-refractivity contribution in [1.29, 1.82) is 0 Å². The van der Waals surface area contributed by atoms with Gasteiger partial charge in [-0.25, -0.2) is 0 Å². The van der Waals surface area contributed by atoms with E-state index in [4.69, 9.17) is 0 Å². The number of rotatable bonds is 6.